The number of nitrogens with two attached hydrogens (primary N) is 1. The summed E-state index contributed by atoms with van der Waals surface area (Å²) >= 11 is 0. The second-order valence-electron chi connectivity index (χ2n) is 7.30. The lowest BCUT2D eigenvalue weighted by Gasteiger charge is -2.37. The van der Waals surface area contributed by atoms with Gasteiger partial charge in [0.05, 0.1) is 6.54 Å². The molecule has 2 heterocycles. The number of nitrogens with zero attached hydrogens (tertiary/aromatic N) is 2. The molecule has 0 aliphatic carbocycles. The normalized spacial score (nSPS) is 21.3. The van der Waals surface area contributed by atoms with Crippen LogP contribution in [0.3, 0.4) is 0 Å². The van der Waals surface area contributed by atoms with E-state index in [0.29, 0.717) is 26.1 Å². The van der Waals surface area contributed by atoms with Gasteiger partial charge in [-0.25, -0.2) is 4.79 Å². The summed E-state index contributed by atoms with van der Waals surface area (Å²) in [6.07, 6.45) is 1.81. The van der Waals surface area contributed by atoms with Gasteiger partial charge in [0.15, 0.2) is 0 Å². The first kappa shape index (κ1) is 17.7. The van der Waals surface area contributed by atoms with Crippen LogP contribution in [0.4, 0.5) is 4.79 Å². The van der Waals surface area contributed by atoms with Gasteiger partial charge in [-0.1, -0.05) is 37.3 Å². The lowest BCUT2D eigenvalue weighted by molar-refractivity contribution is -0.118. The minimum absolute atomic E-state index is 0.201. The lowest BCUT2D eigenvalue weighted by Crippen LogP contribution is -2.47. The van der Waals surface area contributed by atoms with Gasteiger partial charge < -0.3 is 20.3 Å². The van der Waals surface area contributed by atoms with E-state index in [0.717, 1.165) is 25.9 Å². The van der Waals surface area contributed by atoms with Crippen molar-refractivity contribution in [2.45, 2.75) is 37.7 Å². The van der Waals surface area contributed by atoms with Gasteiger partial charge in [-0.15, -0.1) is 0 Å². The molecule has 3 rings (SSSR count). The summed E-state index contributed by atoms with van der Waals surface area (Å²) in [6.45, 7) is 5.84. The molecule has 6 nitrogen and oxygen atoms in total. The fourth-order valence-corrected chi connectivity index (χ4v) is 3.76. The monoisotopic (exact) mass is 345 g/mol. The van der Waals surface area contributed by atoms with Crippen molar-refractivity contribution >= 4 is 12.0 Å². The van der Waals surface area contributed by atoms with Crippen LogP contribution in [0, 0.1) is 0 Å². The molecule has 2 saturated heterocycles. The molecule has 25 heavy (non-hydrogen) atoms. The van der Waals surface area contributed by atoms with E-state index in [1.807, 2.05) is 23.1 Å². The average Bonchev–Trinajstić information content (AvgIpc) is 2.90. The number of benzene rings is 1. The Hall–Kier alpha value is -2.08. The predicted octanol–water partition coefficient (Wildman–Crippen LogP) is 1.95. The zero-order valence-corrected chi connectivity index (χ0v) is 14.8. The maximum atomic E-state index is 12.3. The maximum Gasteiger partial charge on any atom is 0.410 e. The average molecular weight is 345 g/mol. The highest BCUT2D eigenvalue weighted by atomic mass is 16.6. The number of hydrogen-bond donors (Lipinski definition) is 1. The van der Waals surface area contributed by atoms with Crippen LogP contribution in [0.15, 0.2) is 30.3 Å². The molecule has 1 spiro atoms. The van der Waals surface area contributed by atoms with E-state index >= 15 is 0 Å². The second kappa shape index (κ2) is 7.44. The van der Waals surface area contributed by atoms with Crippen LogP contribution >= 0.6 is 0 Å². The lowest BCUT2D eigenvalue weighted by atomic mass is 9.91. The van der Waals surface area contributed by atoms with Crippen LogP contribution in [-0.2, 0) is 9.53 Å². The highest BCUT2D eigenvalue weighted by Gasteiger charge is 2.47. The molecular formula is C19H27N3O3. The van der Waals surface area contributed by atoms with E-state index in [4.69, 9.17) is 10.5 Å². The number of ether oxygens (including phenoxy) is 1. The fraction of sp³-hybridized carbons (Fsp3) is 0.579. The van der Waals surface area contributed by atoms with Crippen molar-refractivity contribution in [2.24, 2.45) is 5.73 Å². The first-order chi connectivity index (χ1) is 12.0. The van der Waals surface area contributed by atoms with Crippen LogP contribution in [0.5, 0.6) is 0 Å². The summed E-state index contributed by atoms with van der Waals surface area (Å²) in [6, 6.07) is 10.2. The number of likely N-dealkylation sites (tertiary alicyclic amines) is 1. The zero-order chi connectivity index (χ0) is 17.9. The third-order valence-corrected chi connectivity index (χ3v) is 5.35. The number of piperidine rings is 1. The molecule has 2 N–H and O–H groups in total. The SMILES string of the molecule is C[C@@H](CN1CC2(CCN(CCC(N)=O)CC2)OC1=O)c1ccccc1. The summed E-state index contributed by atoms with van der Waals surface area (Å²) < 4.78 is 5.78. The summed E-state index contributed by atoms with van der Waals surface area (Å²) in [4.78, 5) is 27.3. The van der Waals surface area contributed by atoms with Crippen LogP contribution < -0.4 is 5.73 Å². The van der Waals surface area contributed by atoms with Gasteiger partial charge in [-0.3, -0.25) is 4.79 Å². The molecule has 2 aliphatic heterocycles. The third-order valence-electron chi connectivity index (χ3n) is 5.35. The Kier molecular flexibility index (Phi) is 5.27. The first-order valence-corrected chi connectivity index (χ1v) is 9.01. The van der Waals surface area contributed by atoms with Gasteiger partial charge in [0.2, 0.25) is 5.91 Å². The molecule has 2 aliphatic rings. The Morgan fingerprint density at radius 1 is 1.28 bits per heavy atom. The Morgan fingerprint density at radius 3 is 2.60 bits per heavy atom. The van der Waals surface area contributed by atoms with Crippen LogP contribution in [-0.4, -0.2) is 60.1 Å². The van der Waals surface area contributed by atoms with Crippen molar-refractivity contribution < 1.29 is 14.3 Å². The van der Waals surface area contributed by atoms with Gasteiger partial charge in [0.25, 0.3) is 0 Å². The molecule has 1 atom stereocenters. The molecular weight excluding hydrogens is 318 g/mol. The van der Waals surface area contributed by atoms with E-state index in [1.54, 1.807) is 0 Å². The molecule has 1 aromatic carbocycles. The molecule has 0 aromatic heterocycles. The van der Waals surface area contributed by atoms with Gasteiger partial charge >= 0.3 is 6.09 Å². The Morgan fingerprint density at radius 2 is 1.96 bits per heavy atom. The van der Waals surface area contributed by atoms with Crippen LogP contribution in [0.1, 0.15) is 37.7 Å². The quantitative estimate of drug-likeness (QED) is 0.855. The smallest absolute Gasteiger partial charge is 0.410 e. The van der Waals surface area contributed by atoms with Gasteiger partial charge in [0, 0.05) is 45.4 Å². The molecule has 2 amide bonds. The van der Waals surface area contributed by atoms with E-state index in [1.165, 1.54) is 5.56 Å². The van der Waals surface area contributed by atoms with Crippen LogP contribution in [0.2, 0.25) is 0 Å². The molecule has 6 heteroatoms. The van der Waals surface area contributed by atoms with E-state index in [9.17, 15) is 9.59 Å². The minimum atomic E-state index is -0.364. The van der Waals surface area contributed by atoms with Crippen molar-refractivity contribution in [1.29, 1.82) is 0 Å². The summed E-state index contributed by atoms with van der Waals surface area (Å²) in [5, 5.41) is 0. The van der Waals surface area contributed by atoms with E-state index < -0.39 is 0 Å². The predicted molar refractivity (Wildman–Crippen MR) is 95.1 cm³/mol. The molecule has 0 radical (unpaired) electrons. The Labute approximate surface area is 148 Å². The number of carbonyl (C=O) groups excluding carboxylic acids is 2. The summed E-state index contributed by atoms with van der Waals surface area (Å²) in [5.41, 5.74) is 6.08. The van der Waals surface area contributed by atoms with Crippen molar-refractivity contribution in [1.82, 2.24) is 9.80 Å². The molecule has 136 valence electrons. The van der Waals surface area contributed by atoms with E-state index in [-0.39, 0.29) is 23.5 Å². The summed E-state index contributed by atoms with van der Waals surface area (Å²) in [7, 11) is 0. The topological polar surface area (TPSA) is 75.9 Å². The number of carbonyl (C=O) groups is 2. The van der Waals surface area contributed by atoms with Crippen molar-refractivity contribution in [3.05, 3.63) is 35.9 Å². The molecule has 1 aromatic rings. The molecule has 2 fully saturated rings. The number of primary amides is 1. The van der Waals surface area contributed by atoms with Crippen molar-refractivity contribution in [3.63, 3.8) is 0 Å². The largest absolute Gasteiger partial charge is 0.441 e. The fourth-order valence-electron chi connectivity index (χ4n) is 3.76. The van der Waals surface area contributed by atoms with E-state index in [2.05, 4.69) is 24.0 Å². The second-order valence-corrected chi connectivity index (χ2v) is 7.30. The highest BCUT2D eigenvalue weighted by molar-refractivity contribution is 5.73. The molecule has 0 saturated carbocycles. The van der Waals surface area contributed by atoms with Gasteiger partial charge in [0.1, 0.15) is 5.60 Å². The summed E-state index contributed by atoms with van der Waals surface area (Å²) in [5.74, 6) is 0.00760. The van der Waals surface area contributed by atoms with Gasteiger partial charge in [-0.05, 0) is 11.5 Å². The van der Waals surface area contributed by atoms with Crippen molar-refractivity contribution in [3.8, 4) is 0 Å². The number of hydrogen-bond acceptors (Lipinski definition) is 4. The molecule has 0 unspecified atom stereocenters. The van der Waals surface area contributed by atoms with Gasteiger partial charge in [-0.2, -0.15) is 0 Å². The Balaban J connectivity index is 1.53. The van der Waals surface area contributed by atoms with Crippen molar-refractivity contribution in [2.75, 3.05) is 32.7 Å². The first-order valence-electron chi connectivity index (χ1n) is 9.01. The highest BCUT2D eigenvalue weighted by Crippen LogP contribution is 2.34. The standard InChI is InChI=1S/C19H27N3O3/c1-15(16-5-3-2-4-6-16)13-22-14-19(25-18(22)24)8-11-21(12-9-19)10-7-17(20)23/h2-6,15H,7-14H2,1H3,(H2,20,23)/t15-/m0/s1. The number of amides is 2. The third kappa shape index (κ3) is 4.31. The maximum absolute atomic E-state index is 12.3. The Bertz CT molecular complexity index is 612. The van der Waals surface area contributed by atoms with Crippen LogP contribution in [0.25, 0.3) is 0 Å². The zero-order valence-electron chi connectivity index (χ0n) is 14.8. The molecule has 0 bridgehead atoms. The minimum Gasteiger partial charge on any atom is -0.441 e. The number of rotatable bonds is 6.